The summed E-state index contributed by atoms with van der Waals surface area (Å²) in [6.45, 7) is 2.44. The fourth-order valence-corrected chi connectivity index (χ4v) is 3.83. The van der Waals surface area contributed by atoms with Gasteiger partial charge in [-0.2, -0.15) is 0 Å². The Morgan fingerprint density at radius 1 is 1.06 bits per heavy atom. The Morgan fingerprint density at radius 3 is 2.66 bits per heavy atom. The van der Waals surface area contributed by atoms with Crippen molar-refractivity contribution in [2.75, 3.05) is 11.9 Å². The number of aromatic amines is 1. The van der Waals surface area contributed by atoms with Crippen LogP contribution in [0.15, 0.2) is 84.2 Å². The van der Waals surface area contributed by atoms with E-state index in [0.717, 1.165) is 27.9 Å². The normalized spacial score (nSPS) is 10.9. The van der Waals surface area contributed by atoms with Crippen molar-refractivity contribution in [3.63, 3.8) is 0 Å². The van der Waals surface area contributed by atoms with Crippen LogP contribution in [0.1, 0.15) is 12.5 Å². The Labute approximate surface area is 200 Å². The molecular weight excluding hydrogens is 444 g/mol. The number of pyridine rings is 3. The number of hydrogen-bond donors (Lipinski definition) is 2. The first-order chi connectivity index (χ1) is 17.1. The standard InChI is InChI=1S/C26H22N6O3/c1-2-35-26(34)31-25-29-22-14-19(13-20(24(22)30-25)21-5-3-4-9-28-21)18-8-12-32(23(33)15-18)16-17-6-10-27-11-7-17/h3-15H,2,16H2,1H3,(H2,29,30,31,34). The van der Waals surface area contributed by atoms with Crippen LogP contribution in [0.25, 0.3) is 33.4 Å². The third-order valence-electron chi connectivity index (χ3n) is 5.46. The molecule has 5 aromatic rings. The van der Waals surface area contributed by atoms with Gasteiger partial charge in [0.15, 0.2) is 0 Å². The van der Waals surface area contributed by atoms with Crippen molar-refractivity contribution in [3.8, 4) is 22.4 Å². The van der Waals surface area contributed by atoms with Gasteiger partial charge in [-0.3, -0.25) is 20.1 Å². The molecule has 1 aromatic carbocycles. The van der Waals surface area contributed by atoms with Crippen LogP contribution in [0, 0.1) is 0 Å². The van der Waals surface area contributed by atoms with Crippen molar-refractivity contribution < 1.29 is 9.53 Å². The summed E-state index contributed by atoms with van der Waals surface area (Å²) in [6, 6.07) is 16.7. The molecular formula is C26H22N6O3. The van der Waals surface area contributed by atoms with E-state index in [4.69, 9.17) is 4.74 Å². The highest BCUT2D eigenvalue weighted by molar-refractivity contribution is 5.97. The van der Waals surface area contributed by atoms with E-state index >= 15 is 0 Å². The molecule has 0 aliphatic rings. The van der Waals surface area contributed by atoms with Crippen LogP contribution in [-0.2, 0) is 11.3 Å². The van der Waals surface area contributed by atoms with Crippen molar-refractivity contribution >= 4 is 23.1 Å². The number of carbonyl (C=O) groups is 1. The summed E-state index contributed by atoms with van der Waals surface area (Å²) < 4.78 is 6.60. The van der Waals surface area contributed by atoms with Crippen molar-refractivity contribution in [1.29, 1.82) is 0 Å². The summed E-state index contributed by atoms with van der Waals surface area (Å²) in [6.07, 6.45) is 6.31. The maximum Gasteiger partial charge on any atom is 0.413 e. The van der Waals surface area contributed by atoms with Crippen LogP contribution >= 0.6 is 0 Å². The van der Waals surface area contributed by atoms with Crippen LogP contribution in [0.2, 0.25) is 0 Å². The Balaban J connectivity index is 1.56. The van der Waals surface area contributed by atoms with Gasteiger partial charge in [-0.05, 0) is 66.1 Å². The maximum absolute atomic E-state index is 12.9. The number of H-pyrrole nitrogens is 1. The number of benzene rings is 1. The number of ether oxygens (including phenoxy) is 1. The molecule has 0 saturated heterocycles. The monoisotopic (exact) mass is 466 g/mol. The summed E-state index contributed by atoms with van der Waals surface area (Å²) in [5, 5.41) is 2.60. The Morgan fingerprint density at radius 2 is 1.91 bits per heavy atom. The van der Waals surface area contributed by atoms with Crippen molar-refractivity contribution in [3.05, 3.63) is 95.3 Å². The van der Waals surface area contributed by atoms with Crippen LogP contribution in [0.4, 0.5) is 10.7 Å². The molecule has 5 rings (SSSR count). The van der Waals surface area contributed by atoms with Crippen LogP contribution in [0.5, 0.6) is 0 Å². The lowest BCUT2D eigenvalue weighted by atomic mass is 10.0. The number of nitrogens with zero attached hydrogens (tertiary/aromatic N) is 4. The maximum atomic E-state index is 12.9. The summed E-state index contributed by atoms with van der Waals surface area (Å²) in [4.78, 5) is 40.9. The van der Waals surface area contributed by atoms with Crippen molar-refractivity contribution in [2.45, 2.75) is 13.5 Å². The molecule has 4 heterocycles. The number of aromatic nitrogens is 5. The van der Waals surface area contributed by atoms with Gasteiger partial charge < -0.3 is 14.3 Å². The van der Waals surface area contributed by atoms with Crippen LogP contribution < -0.4 is 10.9 Å². The molecule has 9 nitrogen and oxygen atoms in total. The lowest BCUT2D eigenvalue weighted by Gasteiger charge is -2.09. The fourth-order valence-electron chi connectivity index (χ4n) is 3.83. The second-order valence-electron chi connectivity index (χ2n) is 7.80. The van der Waals surface area contributed by atoms with Gasteiger partial charge in [0.05, 0.1) is 29.9 Å². The van der Waals surface area contributed by atoms with Crippen molar-refractivity contribution in [2.24, 2.45) is 0 Å². The molecule has 0 aliphatic carbocycles. The summed E-state index contributed by atoms with van der Waals surface area (Å²) >= 11 is 0. The van der Waals surface area contributed by atoms with Gasteiger partial charge in [-0.25, -0.2) is 9.78 Å². The molecule has 0 bridgehead atoms. The van der Waals surface area contributed by atoms with Gasteiger partial charge in [-0.1, -0.05) is 6.07 Å². The molecule has 0 atom stereocenters. The average molecular weight is 467 g/mol. The van der Waals surface area contributed by atoms with E-state index in [2.05, 4.69) is 25.3 Å². The molecule has 174 valence electrons. The number of fused-ring (bicyclic) bond motifs is 1. The molecule has 0 spiro atoms. The van der Waals surface area contributed by atoms with Gasteiger partial charge in [-0.15, -0.1) is 0 Å². The highest BCUT2D eigenvalue weighted by Crippen LogP contribution is 2.32. The Bertz CT molecular complexity index is 1540. The van der Waals surface area contributed by atoms with E-state index in [1.54, 1.807) is 42.3 Å². The molecule has 0 aliphatic heterocycles. The molecule has 0 radical (unpaired) electrons. The number of nitrogens with one attached hydrogen (secondary N) is 2. The first-order valence-corrected chi connectivity index (χ1v) is 11.1. The highest BCUT2D eigenvalue weighted by Gasteiger charge is 2.15. The zero-order chi connectivity index (χ0) is 24.2. The van der Waals surface area contributed by atoms with E-state index in [1.165, 1.54) is 0 Å². The topological polar surface area (TPSA) is 115 Å². The zero-order valence-electron chi connectivity index (χ0n) is 18.9. The molecule has 0 saturated carbocycles. The molecule has 2 N–H and O–H groups in total. The van der Waals surface area contributed by atoms with Crippen LogP contribution in [-0.4, -0.2) is 37.2 Å². The molecule has 0 fully saturated rings. The summed E-state index contributed by atoms with van der Waals surface area (Å²) in [7, 11) is 0. The number of anilines is 1. The molecule has 4 aromatic heterocycles. The number of imidazole rings is 1. The second-order valence-corrected chi connectivity index (χ2v) is 7.80. The minimum Gasteiger partial charge on any atom is -0.450 e. The zero-order valence-corrected chi connectivity index (χ0v) is 18.9. The van der Waals surface area contributed by atoms with Gasteiger partial charge in [0, 0.05) is 36.4 Å². The van der Waals surface area contributed by atoms with Crippen molar-refractivity contribution in [1.82, 2.24) is 24.5 Å². The number of carbonyl (C=O) groups excluding carboxylic acids is 1. The Hall–Kier alpha value is -4.79. The van der Waals surface area contributed by atoms with Gasteiger partial charge in [0.1, 0.15) is 0 Å². The minimum absolute atomic E-state index is 0.118. The van der Waals surface area contributed by atoms with Gasteiger partial charge >= 0.3 is 6.09 Å². The Kier molecular flexibility index (Phi) is 6.04. The largest absolute Gasteiger partial charge is 0.450 e. The van der Waals surface area contributed by atoms with E-state index in [-0.39, 0.29) is 18.1 Å². The van der Waals surface area contributed by atoms with E-state index in [0.29, 0.717) is 17.6 Å². The highest BCUT2D eigenvalue weighted by atomic mass is 16.5. The van der Waals surface area contributed by atoms with E-state index < -0.39 is 6.09 Å². The fraction of sp³-hybridized carbons (Fsp3) is 0.115. The first-order valence-electron chi connectivity index (χ1n) is 11.1. The number of rotatable bonds is 6. The number of hydrogen-bond acceptors (Lipinski definition) is 6. The smallest absolute Gasteiger partial charge is 0.413 e. The molecule has 0 unspecified atom stereocenters. The molecule has 1 amide bonds. The van der Waals surface area contributed by atoms with Crippen LogP contribution in [0.3, 0.4) is 0 Å². The quantitative estimate of drug-likeness (QED) is 0.382. The average Bonchev–Trinajstić information content (AvgIpc) is 3.28. The van der Waals surface area contributed by atoms with Gasteiger partial charge in [0.25, 0.3) is 5.56 Å². The SMILES string of the molecule is CCOC(=O)Nc1nc2c(-c3ccccn3)cc(-c3ccn(Cc4ccncc4)c(=O)c3)cc2[nH]1. The predicted octanol–water partition coefficient (Wildman–Crippen LogP) is 4.47. The minimum atomic E-state index is -0.594. The van der Waals surface area contributed by atoms with E-state index in [1.807, 2.05) is 48.5 Å². The third kappa shape index (κ3) is 4.79. The predicted molar refractivity (Wildman–Crippen MR) is 133 cm³/mol. The first kappa shape index (κ1) is 22.0. The molecule has 35 heavy (non-hydrogen) atoms. The van der Waals surface area contributed by atoms with Gasteiger partial charge in [0.2, 0.25) is 5.95 Å². The third-order valence-corrected chi connectivity index (χ3v) is 5.46. The molecule has 9 heteroatoms. The number of amides is 1. The summed E-state index contributed by atoms with van der Waals surface area (Å²) in [5.74, 6) is 0.264. The van der Waals surface area contributed by atoms with E-state index in [9.17, 15) is 9.59 Å². The summed E-state index contributed by atoms with van der Waals surface area (Å²) in [5.41, 5.74) is 5.28. The lowest BCUT2D eigenvalue weighted by molar-refractivity contribution is 0.167. The second kappa shape index (κ2) is 9.60. The lowest BCUT2D eigenvalue weighted by Crippen LogP contribution is -2.19.